The Balaban J connectivity index is 1.56. The summed E-state index contributed by atoms with van der Waals surface area (Å²) in [5.41, 5.74) is 11.0. The topological polar surface area (TPSA) is 112 Å². The molecule has 0 bridgehead atoms. The molecule has 178 valence electrons. The molecular formula is C26H32N6O2. The molecule has 0 unspecified atom stereocenters. The normalized spacial score (nSPS) is 15.4. The number of nitrogens with one attached hydrogen (secondary N) is 3. The van der Waals surface area contributed by atoms with E-state index in [0.717, 1.165) is 66.0 Å². The lowest BCUT2D eigenvalue weighted by atomic mass is 10.0. The number of pyridine rings is 1. The van der Waals surface area contributed by atoms with Crippen LogP contribution in [0.4, 0.5) is 11.4 Å². The van der Waals surface area contributed by atoms with Gasteiger partial charge in [-0.3, -0.25) is 4.79 Å². The van der Waals surface area contributed by atoms with E-state index in [-0.39, 0.29) is 11.6 Å². The molecule has 2 aromatic heterocycles. The minimum absolute atomic E-state index is 0.0161. The van der Waals surface area contributed by atoms with Crippen molar-refractivity contribution in [2.75, 3.05) is 43.1 Å². The Morgan fingerprint density at radius 2 is 1.91 bits per heavy atom. The molecule has 0 aliphatic carbocycles. The van der Waals surface area contributed by atoms with Gasteiger partial charge in [0.1, 0.15) is 11.4 Å². The van der Waals surface area contributed by atoms with Crippen LogP contribution in [0.3, 0.4) is 0 Å². The van der Waals surface area contributed by atoms with Gasteiger partial charge in [0.15, 0.2) is 0 Å². The lowest BCUT2D eigenvalue weighted by molar-refractivity contribution is 0.122. The second-order valence-electron chi connectivity index (χ2n) is 9.41. The number of H-pyrrole nitrogens is 2. The lowest BCUT2D eigenvalue weighted by Crippen LogP contribution is -2.36. The zero-order valence-electron chi connectivity index (χ0n) is 19.7. The average Bonchev–Trinajstić information content (AvgIpc) is 3.25. The van der Waals surface area contributed by atoms with Crippen molar-refractivity contribution in [1.29, 1.82) is 0 Å². The number of imidazole rings is 1. The van der Waals surface area contributed by atoms with E-state index < -0.39 is 0 Å². The summed E-state index contributed by atoms with van der Waals surface area (Å²) in [6.45, 7) is 8.06. The zero-order chi connectivity index (χ0) is 23.7. The number of aromatic amines is 2. The number of benzene rings is 2. The highest BCUT2D eigenvalue weighted by Gasteiger charge is 2.19. The number of fused-ring (bicyclic) bond motifs is 2. The maximum Gasteiger partial charge on any atom is 0.261 e. The molecule has 5 rings (SSSR count). The van der Waals surface area contributed by atoms with E-state index in [9.17, 15) is 4.79 Å². The minimum Gasteiger partial charge on any atom is -0.382 e. The average molecular weight is 461 g/mol. The molecule has 1 saturated heterocycles. The van der Waals surface area contributed by atoms with Gasteiger partial charge in [-0.1, -0.05) is 32.0 Å². The van der Waals surface area contributed by atoms with Crippen molar-refractivity contribution in [3.05, 3.63) is 52.8 Å². The summed E-state index contributed by atoms with van der Waals surface area (Å²) in [6, 6.07) is 14.0. The van der Waals surface area contributed by atoms with Crippen molar-refractivity contribution >= 4 is 33.3 Å². The van der Waals surface area contributed by atoms with E-state index in [0.29, 0.717) is 23.9 Å². The lowest BCUT2D eigenvalue weighted by Gasteiger charge is -2.28. The number of morpholine rings is 1. The summed E-state index contributed by atoms with van der Waals surface area (Å²) >= 11 is 0. The molecule has 1 fully saturated rings. The molecule has 0 amide bonds. The molecule has 4 aromatic rings. The van der Waals surface area contributed by atoms with Gasteiger partial charge in [0.05, 0.1) is 35.5 Å². The van der Waals surface area contributed by atoms with Gasteiger partial charge in [-0.2, -0.15) is 0 Å². The quantitative estimate of drug-likeness (QED) is 0.335. The summed E-state index contributed by atoms with van der Waals surface area (Å²) in [5, 5.41) is 4.41. The predicted octanol–water partition coefficient (Wildman–Crippen LogP) is 3.69. The van der Waals surface area contributed by atoms with Gasteiger partial charge in [0.25, 0.3) is 5.56 Å². The fourth-order valence-electron chi connectivity index (χ4n) is 4.71. The monoisotopic (exact) mass is 460 g/mol. The molecule has 3 heterocycles. The number of hydrogen-bond acceptors (Lipinski definition) is 6. The van der Waals surface area contributed by atoms with Crippen LogP contribution in [0.2, 0.25) is 0 Å². The van der Waals surface area contributed by atoms with Crippen molar-refractivity contribution in [3.63, 3.8) is 0 Å². The van der Waals surface area contributed by atoms with Crippen molar-refractivity contribution < 1.29 is 4.74 Å². The van der Waals surface area contributed by atoms with Gasteiger partial charge in [0.2, 0.25) is 0 Å². The Bertz CT molecular complexity index is 1350. The summed E-state index contributed by atoms with van der Waals surface area (Å²) in [5.74, 6) is 1.05. The van der Waals surface area contributed by atoms with E-state index in [4.69, 9.17) is 15.5 Å². The molecule has 5 N–H and O–H groups in total. The van der Waals surface area contributed by atoms with Crippen LogP contribution in [0.15, 0.2) is 47.3 Å². The standard InChI is InChI=1S/C26H32N6O2/c1-16(2)13-17(27)15-28-24-19-5-3-4-6-20(19)31-26(33)23(24)25-29-21-8-7-18(14-22(21)30-25)32-9-11-34-12-10-32/h3-8,14,16-17H,9-13,15,27H2,1-2H3,(H,29,30)(H2,28,31,33)/t17-/m0/s1. The number of aromatic nitrogens is 3. The summed E-state index contributed by atoms with van der Waals surface area (Å²) < 4.78 is 5.48. The maximum atomic E-state index is 13.3. The summed E-state index contributed by atoms with van der Waals surface area (Å²) in [4.78, 5) is 26.8. The Hall–Kier alpha value is -3.36. The first-order valence-corrected chi connectivity index (χ1v) is 12.0. The van der Waals surface area contributed by atoms with Gasteiger partial charge in [-0.15, -0.1) is 0 Å². The van der Waals surface area contributed by atoms with E-state index in [1.165, 1.54) is 0 Å². The molecule has 1 aliphatic heterocycles. The van der Waals surface area contributed by atoms with E-state index >= 15 is 0 Å². The smallest absolute Gasteiger partial charge is 0.261 e. The predicted molar refractivity (Wildman–Crippen MR) is 139 cm³/mol. The molecule has 1 atom stereocenters. The van der Waals surface area contributed by atoms with Crippen LogP contribution < -0.4 is 21.5 Å². The van der Waals surface area contributed by atoms with Crippen molar-refractivity contribution in [1.82, 2.24) is 15.0 Å². The van der Waals surface area contributed by atoms with Gasteiger partial charge < -0.3 is 30.7 Å². The van der Waals surface area contributed by atoms with Crippen LogP contribution in [0.1, 0.15) is 20.3 Å². The SMILES string of the molecule is CC(C)C[C@H](N)CNc1c(-c2nc3cc(N4CCOCC4)ccc3[nH]2)c(=O)[nH]c2ccccc12. The third-order valence-corrected chi connectivity index (χ3v) is 6.32. The highest BCUT2D eigenvalue weighted by molar-refractivity contribution is 5.99. The molecule has 1 aliphatic rings. The van der Waals surface area contributed by atoms with Crippen LogP contribution in [0, 0.1) is 5.92 Å². The fraction of sp³-hybridized carbons (Fsp3) is 0.385. The first-order chi connectivity index (χ1) is 16.5. The van der Waals surface area contributed by atoms with Crippen LogP contribution >= 0.6 is 0 Å². The van der Waals surface area contributed by atoms with Gasteiger partial charge in [0, 0.05) is 36.7 Å². The Morgan fingerprint density at radius 3 is 2.71 bits per heavy atom. The van der Waals surface area contributed by atoms with E-state index in [1.54, 1.807) is 0 Å². The van der Waals surface area contributed by atoms with Crippen LogP contribution in [0.5, 0.6) is 0 Å². The largest absolute Gasteiger partial charge is 0.382 e. The van der Waals surface area contributed by atoms with Gasteiger partial charge in [-0.05, 0) is 36.6 Å². The summed E-state index contributed by atoms with van der Waals surface area (Å²) in [6.07, 6.45) is 0.901. The van der Waals surface area contributed by atoms with Crippen LogP contribution in [-0.4, -0.2) is 53.8 Å². The molecule has 2 aromatic carbocycles. The number of rotatable bonds is 7. The van der Waals surface area contributed by atoms with Gasteiger partial charge in [-0.25, -0.2) is 4.98 Å². The van der Waals surface area contributed by atoms with Crippen molar-refractivity contribution in [2.24, 2.45) is 11.7 Å². The van der Waals surface area contributed by atoms with E-state index in [2.05, 4.69) is 46.2 Å². The first-order valence-electron chi connectivity index (χ1n) is 12.0. The Morgan fingerprint density at radius 1 is 1.12 bits per heavy atom. The fourth-order valence-corrected chi connectivity index (χ4v) is 4.71. The molecule has 8 nitrogen and oxygen atoms in total. The number of ether oxygens (including phenoxy) is 1. The molecule has 0 saturated carbocycles. The highest BCUT2D eigenvalue weighted by Crippen LogP contribution is 2.31. The van der Waals surface area contributed by atoms with Crippen molar-refractivity contribution in [3.8, 4) is 11.4 Å². The number of hydrogen-bond donors (Lipinski definition) is 4. The van der Waals surface area contributed by atoms with E-state index in [1.807, 2.05) is 30.3 Å². The summed E-state index contributed by atoms with van der Waals surface area (Å²) in [7, 11) is 0. The number of nitrogens with two attached hydrogens (primary N) is 1. The molecule has 8 heteroatoms. The number of anilines is 2. The third-order valence-electron chi connectivity index (χ3n) is 6.32. The second-order valence-corrected chi connectivity index (χ2v) is 9.41. The molecular weight excluding hydrogens is 428 g/mol. The van der Waals surface area contributed by atoms with Crippen LogP contribution in [0.25, 0.3) is 33.3 Å². The number of para-hydroxylation sites is 1. The molecule has 0 spiro atoms. The first kappa shape index (κ1) is 22.4. The maximum absolute atomic E-state index is 13.3. The Labute approximate surface area is 198 Å². The van der Waals surface area contributed by atoms with Gasteiger partial charge >= 0.3 is 0 Å². The minimum atomic E-state index is -0.189. The second kappa shape index (κ2) is 9.48. The zero-order valence-corrected chi connectivity index (χ0v) is 19.7. The Kier molecular flexibility index (Phi) is 6.26. The van der Waals surface area contributed by atoms with Crippen LogP contribution in [-0.2, 0) is 4.74 Å². The molecule has 0 radical (unpaired) electrons. The number of nitrogens with zero attached hydrogens (tertiary/aromatic N) is 2. The molecule has 34 heavy (non-hydrogen) atoms. The van der Waals surface area contributed by atoms with Crippen molar-refractivity contribution in [2.45, 2.75) is 26.3 Å². The highest BCUT2D eigenvalue weighted by atomic mass is 16.5. The third kappa shape index (κ3) is 4.51.